The van der Waals surface area contributed by atoms with Gasteiger partial charge in [0.25, 0.3) is 0 Å². The Morgan fingerprint density at radius 3 is 3.12 bits per heavy atom. The number of furan rings is 1. The van der Waals surface area contributed by atoms with Gasteiger partial charge in [-0.15, -0.1) is 0 Å². The first-order valence-corrected chi connectivity index (χ1v) is 6.32. The van der Waals surface area contributed by atoms with Crippen molar-refractivity contribution >= 4 is 11.8 Å². The Kier molecular flexibility index (Phi) is 3.63. The van der Waals surface area contributed by atoms with Crippen LogP contribution in [0.15, 0.2) is 27.3 Å². The smallest absolute Gasteiger partial charge is 0.244 e. The van der Waals surface area contributed by atoms with Gasteiger partial charge in [-0.1, -0.05) is 5.16 Å². The predicted molar refractivity (Wildman–Crippen MR) is 61.9 cm³/mol. The third-order valence-electron chi connectivity index (χ3n) is 2.13. The van der Waals surface area contributed by atoms with Gasteiger partial charge in [-0.3, -0.25) is 0 Å². The lowest BCUT2D eigenvalue weighted by Gasteiger charge is -2.03. The predicted octanol–water partition coefficient (Wildman–Crippen LogP) is 2.08. The molecule has 0 spiro atoms. The molecule has 0 aliphatic carbocycles. The minimum atomic E-state index is -0.205. The van der Waals surface area contributed by atoms with E-state index in [2.05, 4.69) is 10.1 Å². The van der Waals surface area contributed by atoms with Crippen molar-refractivity contribution in [3.05, 3.63) is 24.3 Å². The summed E-state index contributed by atoms with van der Waals surface area (Å²) < 4.78 is 10.3. The Morgan fingerprint density at radius 1 is 1.56 bits per heavy atom. The number of rotatable bonds is 5. The van der Waals surface area contributed by atoms with E-state index in [0.717, 1.165) is 12.2 Å². The molecule has 0 aliphatic heterocycles. The molecule has 6 heteroatoms. The lowest BCUT2D eigenvalue weighted by molar-refractivity contribution is 0.352. The Labute approximate surface area is 97.4 Å². The van der Waals surface area contributed by atoms with Crippen LogP contribution in [0.25, 0.3) is 11.6 Å². The summed E-state index contributed by atoms with van der Waals surface area (Å²) in [7, 11) is 0. The summed E-state index contributed by atoms with van der Waals surface area (Å²) in [6, 6.07) is 3.35. The van der Waals surface area contributed by atoms with Crippen LogP contribution in [-0.2, 0) is 0 Å². The van der Waals surface area contributed by atoms with Crippen molar-refractivity contribution in [1.82, 2.24) is 10.1 Å². The molecule has 0 radical (unpaired) electrons. The SMILES string of the molecule is CSCC[C@H](N)c1nc(-c2ccco2)no1. The van der Waals surface area contributed by atoms with E-state index in [4.69, 9.17) is 14.7 Å². The summed E-state index contributed by atoms with van der Waals surface area (Å²) in [5.41, 5.74) is 5.91. The van der Waals surface area contributed by atoms with E-state index in [-0.39, 0.29) is 6.04 Å². The van der Waals surface area contributed by atoms with Crippen LogP contribution >= 0.6 is 11.8 Å². The quantitative estimate of drug-likeness (QED) is 0.860. The first kappa shape index (κ1) is 11.2. The Balaban J connectivity index is 2.07. The molecule has 2 heterocycles. The second kappa shape index (κ2) is 5.18. The molecule has 0 aromatic carbocycles. The van der Waals surface area contributed by atoms with Crippen LogP contribution in [0.5, 0.6) is 0 Å². The highest BCUT2D eigenvalue weighted by molar-refractivity contribution is 7.98. The molecular formula is C10H13N3O2S. The molecule has 2 N–H and O–H groups in total. The standard InChI is InChI=1S/C10H13N3O2S/c1-16-6-4-7(11)10-12-9(13-15-10)8-3-2-5-14-8/h2-3,5,7H,4,6,11H2,1H3/t7-/m0/s1. The maximum atomic E-state index is 5.91. The van der Waals surface area contributed by atoms with Gasteiger partial charge in [-0.2, -0.15) is 16.7 Å². The van der Waals surface area contributed by atoms with Crippen molar-refractivity contribution in [3.63, 3.8) is 0 Å². The minimum Gasteiger partial charge on any atom is -0.461 e. The van der Waals surface area contributed by atoms with Crippen LogP contribution in [0.2, 0.25) is 0 Å². The van der Waals surface area contributed by atoms with Crippen LogP contribution in [0.3, 0.4) is 0 Å². The van der Waals surface area contributed by atoms with E-state index in [0.29, 0.717) is 17.5 Å². The van der Waals surface area contributed by atoms with Crippen molar-refractivity contribution in [2.24, 2.45) is 5.73 Å². The summed E-state index contributed by atoms with van der Waals surface area (Å²) in [6.45, 7) is 0. The molecular weight excluding hydrogens is 226 g/mol. The lowest BCUT2D eigenvalue weighted by atomic mass is 10.2. The molecule has 2 rings (SSSR count). The zero-order valence-corrected chi connectivity index (χ0v) is 9.74. The van der Waals surface area contributed by atoms with Gasteiger partial charge in [0, 0.05) is 0 Å². The fourth-order valence-electron chi connectivity index (χ4n) is 1.26. The molecule has 16 heavy (non-hydrogen) atoms. The van der Waals surface area contributed by atoms with Crippen molar-refractivity contribution in [2.45, 2.75) is 12.5 Å². The molecule has 1 atom stereocenters. The zero-order chi connectivity index (χ0) is 11.4. The Morgan fingerprint density at radius 2 is 2.44 bits per heavy atom. The fourth-order valence-corrected chi connectivity index (χ4v) is 1.75. The maximum Gasteiger partial charge on any atom is 0.244 e. The number of hydrogen-bond acceptors (Lipinski definition) is 6. The number of hydrogen-bond donors (Lipinski definition) is 1. The third-order valence-corrected chi connectivity index (χ3v) is 2.78. The molecule has 0 saturated heterocycles. The van der Waals surface area contributed by atoms with Crippen molar-refractivity contribution in [1.29, 1.82) is 0 Å². The highest BCUT2D eigenvalue weighted by atomic mass is 32.2. The number of thioether (sulfide) groups is 1. The normalized spacial score (nSPS) is 12.9. The van der Waals surface area contributed by atoms with E-state index in [1.165, 1.54) is 0 Å². The zero-order valence-electron chi connectivity index (χ0n) is 8.92. The molecule has 2 aromatic rings. The van der Waals surface area contributed by atoms with Gasteiger partial charge in [0.05, 0.1) is 12.3 Å². The first-order chi connectivity index (χ1) is 7.81. The van der Waals surface area contributed by atoms with Crippen molar-refractivity contribution in [2.75, 3.05) is 12.0 Å². The van der Waals surface area contributed by atoms with Crippen LogP contribution in [0, 0.1) is 0 Å². The maximum absolute atomic E-state index is 5.91. The molecule has 0 amide bonds. The van der Waals surface area contributed by atoms with Crippen LogP contribution in [0.4, 0.5) is 0 Å². The average Bonchev–Trinajstić information content (AvgIpc) is 2.94. The Bertz CT molecular complexity index is 427. The summed E-state index contributed by atoms with van der Waals surface area (Å²) in [5, 5.41) is 3.82. The van der Waals surface area contributed by atoms with Gasteiger partial charge in [0.2, 0.25) is 11.7 Å². The molecule has 0 saturated carbocycles. The van der Waals surface area contributed by atoms with Gasteiger partial charge >= 0.3 is 0 Å². The highest BCUT2D eigenvalue weighted by Gasteiger charge is 2.16. The third kappa shape index (κ3) is 2.45. The second-order valence-electron chi connectivity index (χ2n) is 3.32. The van der Waals surface area contributed by atoms with Gasteiger partial charge in [0.1, 0.15) is 0 Å². The summed E-state index contributed by atoms with van der Waals surface area (Å²) in [6.07, 6.45) is 4.43. The van der Waals surface area contributed by atoms with Crippen LogP contribution in [0.1, 0.15) is 18.4 Å². The van der Waals surface area contributed by atoms with Crippen molar-refractivity contribution in [3.8, 4) is 11.6 Å². The van der Waals surface area contributed by atoms with Gasteiger partial charge < -0.3 is 14.7 Å². The average molecular weight is 239 g/mol. The fraction of sp³-hybridized carbons (Fsp3) is 0.400. The lowest BCUT2D eigenvalue weighted by Crippen LogP contribution is -2.11. The number of nitrogens with two attached hydrogens (primary N) is 1. The Hall–Kier alpha value is -1.27. The summed E-state index contributed by atoms with van der Waals surface area (Å²) >= 11 is 1.74. The second-order valence-corrected chi connectivity index (χ2v) is 4.31. The van der Waals surface area contributed by atoms with Gasteiger partial charge in [-0.25, -0.2) is 0 Å². The van der Waals surface area contributed by atoms with E-state index < -0.39 is 0 Å². The summed E-state index contributed by atoms with van der Waals surface area (Å²) in [4.78, 5) is 4.20. The molecule has 0 aliphatic rings. The van der Waals surface area contributed by atoms with E-state index in [9.17, 15) is 0 Å². The van der Waals surface area contributed by atoms with Gasteiger partial charge in [0.15, 0.2) is 5.76 Å². The molecule has 2 aromatic heterocycles. The van der Waals surface area contributed by atoms with Gasteiger partial charge in [-0.05, 0) is 30.6 Å². The monoisotopic (exact) mass is 239 g/mol. The molecule has 0 bridgehead atoms. The molecule has 5 nitrogen and oxygen atoms in total. The molecule has 86 valence electrons. The van der Waals surface area contributed by atoms with Crippen molar-refractivity contribution < 1.29 is 8.94 Å². The van der Waals surface area contributed by atoms with Crippen LogP contribution in [-0.4, -0.2) is 22.1 Å². The van der Waals surface area contributed by atoms with E-state index >= 15 is 0 Å². The molecule has 0 unspecified atom stereocenters. The number of aromatic nitrogens is 2. The van der Waals surface area contributed by atoms with Crippen LogP contribution < -0.4 is 5.73 Å². The highest BCUT2D eigenvalue weighted by Crippen LogP contribution is 2.20. The first-order valence-electron chi connectivity index (χ1n) is 4.93. The minimum absolute atomic E-state index is 0.205. The van der Waals surface area contributed by atoms with E-state index in [1.54, 1.807) is 30.2 Å². The topological polar surface area (TPSA) is 78.1 Å². The van der Waals surface area contributed by atoms with E-state index in [1.807, 2.05) is 6.26 Å². The summed E-state index contributed by atoms with van der Waals surface area (Å²) in [5.74, 6) is 2.46. The number of nitrogens with zero attached hydrogens (tertiary/aromatic N) is 2. The largest absolute Gasteiger partial charge is 0.461 e. The molecule has 0 fully saturated rings.